The van der Waals surface area contributed by atoms with Gasteiger partial charge in [-0.1, -0.05) is 11.1 Å². The summed E-state index contributed by atoms with van der Waals surface area (Å²) in [6, 6.07) is 5.07. The van der Waals surface area contributed by atoms with Crippen LogP contribution in [0.5, 0.6) is 11.5 Å². The van der Waals surface area contributed by atoms with E-state index in [9.17, 15) is 4.79 Å². The van der Waals surface area contributed by atoms with Crippen LogP contribution in [0.1, 0.15) is 33.3 Å². The predicted octanol–water partition coefficient (Wildman–Crippen LogP) is 4.79. The first-order valence-electron chi connectivity index (χ1n) is 7.97. The van der Waals surface area contributed by atoms with Crippen molar-refractivity contribution in [2.24, 2.45) is 0 Å². The van der Waals surface area contributed by atoms with Gasteiger partial charge in [-0.15, -0.1) is 0 Å². The van der Waals surface area contributed by atoms with Crippen LogP contribution in [-0.4, -0.2) is 13.2 Å². The van der Waals surface area contributed by atoms with Gasteiger partial charge in [-0.05, 0) is 58.4 Å². The number of hydrogen-bond acceptors (Lipinski definition) is 4. The Labute approximate surface area is 142 Å². The van der Waals surface area contributed by atoms with Crippen LogP contribution in [0.15, 0.2) is 50.7 Å². The van der Waals surface area contributed by atoms with Gasteiger partial charge in [-0.2, -0.15) is 0 Å². The van der Waals surface area contributed by atoms with E-state index in [0.29, 0.717) is 30.3 Å². The van der Waals surface area contributed by atoms with E-state index in [0.717, 1.165) is 10.9 Å². The lowest BCUT2D eigenvalue weighted by molar-refractivity contribution is 0.307. The minimum Gasteiger partial charge on any atom is -0.486 e. The lowest BCUT2D eigenvalue weighted by atomic mass is 10.1. The van der Waals surface area contributed by atoms with E-state index in [4.69, 9.17) is 13.9 Å². The fourth-order valence-corrected chi connectivity index (χ4v) is 2.15. The number of fused-ring (bicyclic) bond motifs is 1. The van der Waals surface area contributed by atoms with Gasteiger partial charge in [0.2, 0.25) is 0 Å². The summed E-state index contributed by atoms with van der Waals surface area (Å²) in [5, 5.41) is 0.844. The molecule has 0 saturated heterocycles. The first kappa shape index (κ1) is 17.9. The van der Waals surface area contributed by atoms with Crippen molar-refractivity contribution in [1.82, 2.24) is 0 Å². The van der Waals surface area contributed by atoms with Crippen molar-refractivity contribution < 1.29 is 13.9 Å². The highest BCUT2D eigenvalue weighted by Crippen LogP contribution is 2.33. The third-order valence-corrected chi connectivity index (χ3v) is 3.48. The molecule has 0 spiro atoms. The van der Waals surface area contributed by atoms with Crippen LogP contribution in [0.25, 0.3) is 11.0 Å². The zero-order chi connectivity index (χ0) is 17.7. The van der Waals surface area contributed by atoms with Crippen molar-refractivity contribution in [1.29, 1.82) is 0 Å². The van der Waals surface area contributed by atoms with Gasteiger partial charge in [0.15, 0.2) is 11.5 Å². The van der Waals surface area contributed by atoms with Crippen molar-refractivity contribution in [2.75, 3.05) is 13.2 Å². The molecule has 0 aliphatic heterocycles. The van der Waals surface area contributed by atoms with E-state index in [1.807, 2.05) is 52.8 Å². The summed E-state index contributed by atoms with van der Waals surface area (Å²) in [6.45, 7) is 10.8. The standard InChI is InChI=1S/C20H24O4/c1-13(2)6-8-22-18-11-16-15(5)10-20(21)24-17(16)12-19(18)23-9-7-14(3)4/h6-7,10-12H,8-9H2,1-5H3. The average molecular weight is 328 g/mol. The molecule has 24 heavy (non-hydrogen) atoms. The summed E-state index contributed by atoms with van der Waals surface area (Å²) < 4.78 is 17.0. The highest BCUT2D eigenvalue weighted by Gasteiger charge is 2.11. The number of allylic oxidation sites excluding steroid dienone is 2. The van der Waals surface area contributed by atoms with E-state index < -0.39 is 0 Å². The van der Waals surface area contributed by atoms with E-state index in [2.05, 4.69) is 0 Å². The van der Waals surface area contributed by atoms with Crippen molar-refractivity contribution >= 4 is 11.0 Å². The third kappa shape index (κ3) is 4.75. The van der Waals surface area contributed by atoms with Gasteiger partial charge < -0.3 is 13.9 Å². The minimum atomic E-state index is -0.367. The molecule has 0 N–H and O–H groups in total. The molecular weight excluding hydrogens is 304 g/mol. The van der Waals surface area contributed by atoms with Crippen molar-refractivity contribution in [3.8, 4) is 11.5 Å². The van der Waals surface area contributed by atoms with Gasteiger partial charge >= 0.3 is 5.63 Å². The van der Waals surface area contributed by atoms with E-state index >= 15 is 0 Å². The molecule has 0 amide bonds. The molecule has 0 aliphatic carbocycles. The molecule has 0 unspecified atom stereocenters. The van der Waals surface area contributed by atoms with Crippen LogP contribution in [-0.2, 0) is 0 Å². The summed E-state index contributed by atoms with van der Waals surface area (Å²) in [6.07, 6.45) is 3.98. The Hall–Kier alpha value is -2.49. The smallest absolute Gasteiger partial charge is 0.336 e. The van der Waals surface area contributed by atoms with E-state index in [-0.39, 0.29) is 5.63 Å². The molecule has 0 aliphatic rings. The Morgan fingerprint density at radius 3 is 2.04 bits per heavy atom. The number of benzene rings is 1. The number of aryl methyl sites for hydroxylation is 1. The number of ether oxygens (including phenoxy) is 2. The first-order valence-corrected chi connectivity index (χ1v) is 7.97. The highest BCUT2D eigenvalue weighted by molar-refractivity contribution is 5.83. The fraction of sp³-hybridized carbons (Fsp3) is 0.350. The SMILES string of the molecule is CC(C)=CCOc1cc2oc(=O)cc(C)c2cc1OCC=C(C)C. The number of hydrogen-bond donors (Lipinski definition) is 0. The second-order valence-electron chi connectivity index (χ2n) is 6.23. The molecule has 1 aromatic heterocycles. The van der Waals surface area contributed by atoms with Gasteiger partial charge in [0.1, 0.15) is 18.8 Å². The van der Waals surface area contributed by atoms with Gasteiger partial charge in [-0.3, -0.25) is 0 Å². The fourth-order valence-electron chi connectivity index (χ4n) is 2.15. The van der Waals surface area contributed by atoms with Crippen molar-refractivity contribution in [2.45, 2.75) is 34.6 Å². The maximum absolute atomic E-state index is 11.6. The molecule has 0 fully saturated rings. The van der Waals surface area contributed by atoms with Crippen LogP contribution in [0.3, 0.4) is 0 Å². The molecule has 2 rings (SSSR count). The molecule has 0 saturated carbocycles. The molecule has 0 atom stereocenters. The highest BCUT2D eigenvalue weighted by atomic mass is 16.5. The summed E-state index contributed by atoms with van der Waals surface area (Å²) in [7, 11) is 0. The van der Waals surface area contributed by atoms with Crippen molar-refractivity contribution in [3.63, 3.8) is 0 Å². The quantitative estimate of drug-likeness (QED) is 0.565. The summed E-state index contributed by atoms with van der Waals surface area (Å²) in [4.78, 5) is 11.6. The summed E-state index contributed by atoms with van der Waals surface area (Å²) in [5.41, 5.74) is 3.34. The van der Waals surface area contributed by atoms with Crippen LogP contribution in [0, 0.1) is 6.92 Å². The average Bonchev–Trinajstić information content (AvgIpc) is 2.47. The van der Waals surface area contributed by atoms with Crippen LogP contribution >= 0.6 is 0 Å². The topological polar surface area (TPSA) is 48.7 Å². The van der Waals surface area contributed by atoms with Crippen LogP contribution in [0.4, 0.5) is 0 Å². The molecule has 0 bridgehead atoms. The van der Waals surface area contributed by atoms with E-state index in [1.165, 1.54) is 17.2 Å². The molecule has 128 valence electrons. The van der Waals surface area contributed by atoms with Crippen LogP contribution in [0.2, 0.25) is 0 Å². The monoisotopic (exact) mass is 328 g/mol. The Kier molecular flexibility index (Phi) is 5.85. The normalized spacial score (nSPS) is 10.4. The second-order valence-corrected chi connectivity index (χ2v) is 6.23. The molecule has 2 aromatic rings. The van der Waals surface area contributed by atoms with Crippen LogP contribution < -0.4 is 15.1 Å². The van der Waals surface area contributed by atoms with E-state index in [1.54, 1.807) is 6.07 Å². The largest absolute Gasteiger partial charge is 0.486 e. The molecule has 1 heterocycles. The summed E-state index contributed by atoms with van der Waals surface area (Å²) in [5.74, 6) is 1.20. The molecular formula is C20H24O4. The lowest BCUT2D eigenvalue weighted by Gasteiger charge is -2.13. The Morgan fingerprint density at radius 2 is 1.50 bits per heavy atom. The second kappa shape index (κ2) is 7.86. The van der Waals surface area contributed by atoms with Gasteiger partial charge in [0, 0.05) is 17.5 Å². The zero-order valence-corrected chi connectivity index (χ0v) is 14.9. The van der Waals surface area contributed by atoms with Gasteiger partial charge in [0.25, 0.3) is 0 Å². The maximum Gasteiger partial charge on any atom is 0.336 e. The maximum atomic E-state index is 11.6. The van der Waals surface area contributed by atoms with Crippen molar-refractivity contribution in [3.05, 3.63) is 57.5 Å². The van der Waals surface area contributed by atoms with Gasteiger partial charge in [-0.25, -0.2) is 4.79 Å². The molecule has 4 heteroatoms. The predicted molar refractivity (Wildman–Crippen MR) is 97.1 cm³/mol. The molecule has 4 nitrogen and oxygen atoms in total. The first-order chi connectivity index (χ1) is 11.4. The number of rotatable bonds is 6. The Morgan fingerprint density at radius 1 is 0.958 bits per heavy atom. The summed E-state index contributed by atoms with van der Waals surface area (Å²) >= 11 is 0. The Balaban J connectivity index is 2.43. The third-order valence-electron chi connectivity index (χ3n) is 3.48. The lowest BCUT2D eigenvalue weighted by Crippen LogP contribution is -2.03. The zero-order valence-electron chi connectivity index (χ0n) is 14.9. The minimum absolute atomic E-state index is 0.367. The molecule has 1 aromatic carbocycles. The Bertz CT molecular complexity index is 833. The molecule has 0 radical (unpaired) electrons. The van der Waals surface area contributed by atoms with Gasteiger partial charge in [0.05, 0.1) is 0 Å².